The molecule has 1 aliphatic heterocycles. The van der Waals surface area contributed by atoms with Crippen molar-refractivity contribution < 1.29 is 18.6 Å². The first-order chi connectivity index (χ1) is 8.91. The number of aromatic hydroxyl groups is 2. The third-order valence-corrected chi connectivity index (χ3v) is 5.33. The van der Waals surface area contributed by atoms with Crippen LogP contribution < -0.4 is 0 Å². The van der Waals surface area contributed by atoms with Crippen molar-refractivity contribution in [3.8, 4) is 11.5 Å². The van der Waals surface area contributed by atoms with Gasteiger partial charge in [-0.1, -0.05) is 6.07 Å². The van der Waals surface area contributed by atoms with Gasteiger partial charge in [0.05, 0.1) is 17.1 Å². The largest absolute Gasteiger partial charge is 0.507 e. The molecule has 5 nitrogen and oxygen atoms in total. The molecule has 1 fully saturated rings. The molecule has 1 aromatic rings. The van der Waals surface area contributed by atoms with Crippen molar-refractivity contribution in [2.45, 2.75) is 19.4 Å². The van der Waals surface area contributed by atoms with Gasteiger partial charge >= 0.3 is 0 Å². The van der Waals surface area contributed by atoms with E-state index in [1.165, 1.54) is 12.1 Å². The summed E-state index contributed by atoms with van der Waals surface area (Å²) in [4.78, 5) is 1.99. The zero-order chi connectivity index (χ0) is 14.0. The molecule has 1 aromatic carbocycles. The van der Waals surface area contributed by atoms with Crippen LogP contribution in [0.4, 0.5) is 0 Å². The normalized spacial score (nSPS) is 21.7. The highest BCUT2D eigenvalue weighted by Crippen LogP contribution is 2.35. The predicted molar refractivity (Wildman–Crippen MR) is 73.0 cm³/mol. The summed E-state index contributed by atoms with van der Waals surface area (Å²) in [7, 11) is -2.95. The van der Waals surface area contributed by atoms with Gasteiger partial charge in [-0.05, 0) is 32.0 Å². The lowest BCUT2D eigenvalue weighted by Crippen LogP contribution is -2.30. The second kappa shape index (κ2) is 5.38. The van der Waals surface area contributed by atoms with Crippen LogP contribution in [0.5, 0.6) is 11.5 Å². The molecule has 6 heteroatoms. The fourth-order valence-corrected chi connectivity index (χ4v) is 3.78. The van der Waals surface area contributed by atoms with Gasteiger partial charge in [0.2, 0.25) is 0 Å². The van der Waals surface area contributed by atoms with Crippen LogP contribution in [-0.2, 0) is 9.84 Å². The van der Waals surface area contributed by atoms with Crippen LogP contribution in [0.2, 0.25) is 0 Å². The molecule has 1 heterocycles. The summed E-state index contributed by atoms with van der Waals surface area (Å²) >= 11 is 0. The van der Waals surface area contributed by atoms with Crippen LogP contribution in [0.15, 0.2) is 18.2 Å². The molecule has 1 atom stereocenters. The summed E-state index contributed by atoms with van der Waals surface area (Å²) in [6, 6.07) is 4.42. The highest BCUT2D eigenvalue weighted by Gasteiger charge is 2.26. The number of phenolic OH excluding ortho intramolecular Hbond substituents is 2. The summed E-state index contributed by atoms with van der Waals surface area (Å²) in [5.41, 5.74) is 0.460. The quantitative estimate of drug-likeness (QED) is 0.856. The summed E-state index contributed by atoms with van der Waals surface area (Å²) in [6.45, 7) is 2.94. The molecular formula is C13H19NO4S. The van der Waals surface area contributed by atoms with E-state index < -0.39 is 9.84 Å². The zero-order valence-electron chi connectivity index (χ0n) is 10.9. The van der Waals surface area contributed by atoms with Crippen molar-refractivity contribution >= 4 is 9.84 Å². The van der Waals surface area contributed by atoms with Crippen molar-refractivity contribution in [2.24, 2.45) is 0 Å². The zero-order valence-corrected chi connectivity index (χ0v) is 11.7. The fraction of sp³-hybridized carbons (Fsp3) is 0.538. The highest BCUT2D eigenvalue weighted by molar-refractivity contribution is 7.91. The van der Waals surface area contributed by atoms with E-state index in [0.717, 1.165) is 0 Å². The first kappa shape index (κ1) is 14.1. The van der Waals surface area contributed by atoms with Gasteiger partial charge in [-0.3, -0.25) is 4.90 Å². The SMILES string of the molecule is CC(c1c(O)cccc1O)N1CCCS(=O)(=O)CC1. The predicted octanol–water partition coefficient (Wildman–Crippen LogP) is 1.28. The Morgan fingerprint density at radius 2 is 1.79 bits per heavy atom. The number of rotatable bonds is 2. The number of phenols is 2. The van der Waals surface area contributed by atoms with Crippen LogP contribution in [0.3, 0.4) is 0 Å². The van der Waals surface area contributed by atoms with Gasteiger partial charge in [0, 0.05) is 12.6 Å². The molecule has 0 aliphatic carbocycles. The first-order valence-electron chi connectivity index (χ1n) is 6.36. The molecule has 0 bridgehead atoms. The molecule has 1 unspecified atom stereocenters. The smallest absolute Gasteiger partial charge is 0.151 e. The topological polar surface area (TPSA) is 77.8 Å². The Morgan fingerprint density at radius 3 is 2.42 bits per heavy atom. The van der Waals surface area contributed by atoms with Crippen LogP contribution in [0, 0.1) is 0 Å². The number of benzene rings is 1. The Hall–Kier alpha value is -1.27. The molecule has 2 rings (SSSR count). The van der Waals surface area contributed by atoms with E-state index in [9.17, 15) is 18.6 Å². The number of hydrogen-bond donors (Lipinski definition) is 2. The fourth-order valence-electron chi connectivity index (χ4n) is 2.50. The first-order valence-corrected chi connectivity index (χ1v) is 8.18. The van der Waals surface area contributed by atoms with Gasteiger partial charge in [0.15, 0.2) is 9.84 Å². The van der Waals surface area contributed by atoms with Crippen molar-refractivity contribution in [3.63, 3.8) is 0 Å². The molecule has 0 amide bonds. The number of hydrogen-bond acceptors (Lipinski definition) is 5. The molecule has 1 aliphatic rings. The van der Waals surface area contributed by atoms with E-state index in [1.807, 2.05) is 11.8 Å². The highest BCUT2D eigenvalue weighted by atomic mass is 32.2. The second-order valence-corrected chi connectivity index (χ2v) is 7.23. The lowest BCUT2D eigenvalue weighted by atomic mass is 10.0. The van der Waals surface area contributed by atoms with E-state index in [2.05, 4.69) is 0 Å². The Balaban J connectivity index is 2.22. The van der Waals surface area contributed by atoms with Gasteiger partial charge in [-0.2, -0.15) is 0 Å². The minimum Gasteiger partial charge on any atom is -0.507 e. The minimum atomic E-state index is -2.95. The summed E-state index contributed by atoms with van der Waals surface area (Å²) in [5.74, 6) is 0.425. The monoisotopic (exact) mass is 285 g/mol. The summed E-state index contributed by atoms with van der Waals surface area (Å²) < 4.78 is 23.2. The average molecular weight is 285 g/mol. The van der Waals surface area contributed by atoms with Gasteiger partial charge in [0.25, 0.3) is 0 Å². The molecule has 0 saturated carbocycles. The Morgan fingerprint density at radius 1 is 1.16 bits per heavy atom. The Kier molecular flexibility index (Phi) is 4.01. The maximum absolute atomic E-state index is 11.6. The number of sulfone groups is 1. The van der Waals surface area contributed by atoms with E-state index in [0.29, 0.717) is 25.1 Å². The van der Waals surface area contributed by atoms with Crippen LogP contribution in [-0.4, -0.2) is 48.1 Å². The van der Waals surface area contributed by atoms with Crippen molar-refractivity contribution in [1.29, 1.82) is 0 Å². The average Bonchev–Trinajstić information content (AvgIpc) is 2.50. The molecule has 1 saturated heterocycles. The van der Waals surface area contributed by atoms with E-state index in [1.54, 1.807) is 6.07 Å². The molecule has 2 N–H and O–H groups in total. The van der Waals surface area contributed by atoms with Gasteiger partial charge in [-0.15, -0.1) is 0 Å². The maximum atomic E-state index is 11.6. The molecular weight excluding hydrogens is 266 g/mol. The Labute approximate surface area is 113 Å². The van der Waals surface area contributed by atoms with E-state index >= 15 is 0 Å². The van der Waals surface area contributed by atoms with Crippen LogP contribution in [0.25, 0.3) is 0 Å². The third kappa shape index (κ3) is 3.19. The molecule has 106 valence electrons. The molecule has 0 aromatic heterocycles. The van der Waals surface area contributed by atoms with E-state index in [-0.39, 0.29) is 29.0 Å². The minimum absolute atomic E-state index is 0.0413. The van der Waals surface area contributed by atoms with Crippen LogP contribution >= 0.6 is 0 Å². The van der Waals surface area contributed by atoms with Crippen LogP contribution in [0.1, 0.15) is 24.9 Å². The van der Waals surface area contributed by atoms with E-state index in [4.69, 9.17) is 0 Å². The molecule has 0 radical (unpaired) electrons. The summed E-state index contributed by atoms with van der Waals surface area (Å²) in [5, 5.41) is 19.7. The standard InChI is InChI=1S/C13H19NO4S/c1-10(13-11(15)4-2-5-12(13)16)14-6-3-8-19(17,18)9-7-14/h2,4-5,10,15-16H,3,6-9H2,1H3. The number of nitrogens with zero attached hydrogens (tertiary/aromatic N) is 1. The van der Waals surface area contributed by atoms with Gasteiger partial charge in [0.1, 0.15) is 11.5 Å². The van der Waals surface area contributed by atoms with Gasteiger partial charge in [-0.25, -0.2) is 8.42 Å². The molecule has 19 heavy (non-hydrogen) atoms. The maximum Gasteiger partial charge on any atom is 0.151 e. The Bertz CT molecular complexity index is 536. The lowest BCUT2D eigenvalue weighted by Gasteiger charge is -2.28. The third-order valence-electron chi connectivity index (χ3n) is 3.62. The lowest BCUT2D eigenvalue weighted by molar-refractivity contribution is 0.219. The second-order valence-electron chi connectivity index (χ2n) is 4.93. The van der Waals surface area contributed by atoms with Crippen molar-refractivity contribution in [1.82, 2.24) is 4.90 Å². The van der Waals surface area contributed by atoms with Crippen molar-refractivity contribution in [2.75, 3.05) is 24.6 Å². The molecule has 0 spiro atoms. The summed E-state index contributed by atoms with van der Waals surface area (Å²) in [6.07, 6.45) is 0.584. The van der Waals surface area contributed by atoms with Crippen molar-refractivity contribution in [3.05, 3.63) is 23.8 Å². The van der Waals surface area contributed by atoms with Gasteiger partial charge < -0.3 is 10.2 Å².